The molecule has 132 valence electrons. The van der Waals surface area contributed by atoms with E-state index in [4.69, 9.17) is 0 Å². The summed E-state index contributed by atoms with van der Waals surface area (Å²) in [6.07, 6.45) is 4.25. The van der Waals surface area contributed by atoms with Gasteiger partial charge in [0.15, 0.2) is 0 Å². The SMILES string of the molecule is Ic1ccccc1-c1cn(CCCC#Cc2ccccc2)c2ccccc12. The zero-order valence-corrected chi connectivity index (χ0v) is 17.2. The molecular formula is C25H20IN. The van der Waals surface area contributed by atoms with Crippen LogP contribution in [0, 0.1) is 15.4 Å². The molecule has 1 heterocycles. The van der Waals surface area contributed by atoms with Gasteiger partial charge in [0, 0.05) is 44.8 Å². The van der Waals surface area contributed by atoms with Crippen molar-refractivity contribution < 1.29 is 0 Å². The number of aromatic nitrogens is 1. The van der Waals surface area contributed by atoms with Crippen LogP contribution in [0.3, 0.4) is 0 Å². The highest BCUT2D eigenvalue weighted by Crippen LogP contribution is 2.33. The van der Waals surface area contributed by atoms with E-state index in [0.29, 0.717) is 0 Å². The van der Waals surface area contributed by atoms with Crippen LogP contribution in [0.5, 0.6) is 0 Å². The van der Waals surface area contributed by atoms with E-state index >= 15 is 0 Å². The van der Waals surface area contributed by atoms with Crippen LogP contribution in [0.4, 0.5) is 0 Å². The van der Waals surface area contributed by atoms with Crippen molar-refractivity contribution in [3.05, 3.63) is 94.2 Å². The maximum atomic E-state index is 3.30. The van der Waals surface area contributed by atoms with Crippen LogP contribution in [-0.2, 0) is 6.54 Å². The molecule has 0 amide bonds. The molecule has 27 heavy (non-hydrogen) atoms. The lowest BCUT2D eigenvalue weighted by atomic mass is 10.1. The van der Waals surface area contributed by atoms with Gasteiger partial charge in [-0.2, -0.15) is 0 Å². The summed E-state index contributed by atoms with van der Waals surface area (Å²) in [4.78, 5) is 0. The van der Waals surface area contributed by atoms with E-state index in [1.54, 1.807) is 0 Å². The first-order valence-corrected chi connectivity index (χ1v) is 10.3. The molecule has 0 radical (unpaired) electrons. The third-order valence-corrected chi connectivity index (χ3v) is 5.60. The Kier molecular flexibility index (Phi) is 5.60. The van der Waals surface area contributed by atoms with Crippen molar-refractivity contribution in [2.45, 2.75) is 19.4 Å². The summed E-state index contributed by atoms with van der Waals surface area (Å²) < 4.78 is 3.66. The predicted octanol–water partition coefficient (Wildman–Crippen LogP) is 6.74. The second-order valence-electron chi connectivity index (χ2n) is 6.50. The predicted molar refractivity (Wildman–Crippen MR) is 123 cm³/mol. The maximum Gasteiger partial charge on any atom is 0.0486 e. The molecule has 0 aliphatic rings. The number of rotatable bonds is 4. The molecule has 3 aromatic carbocycles. The van der Waals surface area contributed by atoms with E-state index in [1.165, 1.54) is 25.6 Å². The number of para-hydroxylation sites is 1. The summed E-state index contributed by atoms with van der Waals surface area (Å²) in [5, 5.41) is 1.32. The highest BCUT2D eigenvalue weighted by molar-refractivity contribution is 14.1. The standard InChI is InChI=1S/C25H20IN/c26-24-16-8-6-14-21(24)23-19-27(25-17-9-7-15-22(23)25)18-10-2-5-13-20-11-3-1-4-12-20/h1,3-4,6-9,11-12,14-17,19H,2,10,18H2. The second-order valence-corrected chi connectivity index (χ2v) is 7.67. The number of unbranched alkanes of at least 4 members (excludes halogenated alkanes) is 1. The van der Waals surface area contributed by atoms with Crippen LogP contribution >= 0.6 is 22.6 Å². The van der Waals surface area contributed by atoms with Crippen LogP contribution in [-0.4, -0.2) is 4.57 Å². The monoisotopic (exact) mass is 461 g/mol. The summed E-state index contributed by atoms with van der Waals surface area (Å²) >= 11 is 2.42. The normalized spacial score (nSPS) is 10.6. The number of halogens is 1. The molecular weight excluding hydrogens is 441 g/mol. The van der Waals surface area contributed by atoms with Crippen molar-refractivity contribution >= 4 is 33.5 Å². The molecule has 1 nitrogen and oxygen atoms in total. The first kappa shape index (κ1) is 17.9. The Balaban J connectivity index is 1.55. The Morgan fingerprint density at radius 3 is 2.37 bits per heavy atom. The van der Waals surface area contributed by atoms with E-state index in [9.17, 15) is 0 Å². The van der Waals surface area contributed by atoms with Gasteiger partial charge in [0.1, 0.15) is 0 Å². The minimum Gasteiger partial charge on any atom is -0.347 e. The Bertz CT molecular complexity index is 1110. The lowest BCUT2D eigenvalue weighted by molar-refractivity contribution is 0.677. The van der Waals surface area contributed by atoms with Gasteiger partial charge in [0.25, 0.3) is 0 Å². The number of fused-ring (bicyclic) bond motifs is 1. The zero-order valence-electron chi connectivity index (χ0n) is 15.0. The fourth-order valence-corrected chi connectivity index (χ4v) is 4.03. The van der Waals surface area contributed by atoms with Crippen molar-refractivity contribution in [1.29, 1.82) is 0 Å². The molecule has 0 spiro atoms. The van der Waals surface area contributed by atoms with E-state index in [1.807, 2.05) is 18.2 Å². The molecule has 4 rings (SSSR count). The van der Waals surface area contributed by atoms with Gasteiger partial charge in [-0.1, -0.05) is 66.4 Å². The Morgan fingerprint density at radius 2 is 1.52 bits per heavy atom. The molecule has 0 N–H and O–H groups in total. The molecule has 0 aliphatic heterocycles. The van der Waals surface area contributed by atoms with Crippen molar-refractivity contribution in [1.82, 2.24) is 4.57 Å². The third kappa shape index (κ3) is 4.09. The van der Waals surface area contributed by atoms with Crippen LogP contribution < -0.4 is 0 Å². The van der Waals surface area contributed by atoms with E-state index in [2.05, 4.69) is 106 Å². The fourth-order valence-electron chi connectivity index (χ4n) is 3.35. The van der Waals surface area contributed by atoms with Crippen LogP contribution in [0.15, 0.2) is 85.1 Å². The maximum absolute atomic E-state index is 3.30. The van der Waals surface area contributed by atoms with Gasteiger partial charge in [-0.15, -0.1) is 0 Å². The van der Waals surface area contributed by atoms with Gasteiger partial charge in [-0.25, -0.2) is 0 Å². The number of nitrogens with zero attached hydrogens (tertiary/aromatic N) is 1. The van der Waals surface area contributed by atoms with Gasteiger partial charge < -0.3 is 4.57 Å². The van der Waals surface area contributed by atoms with Crippen LogP contribution in [0.1, 0.15) is 18.4 Å². The lowest BCUT2D eigenvalue weighted by Gasteiger charge is -2.03. The smallest absolute Gasteiger partial charge is 0.0486 e. The van der Waals surface area contributed by atoms with Gasteiger partial charge in [0.05, 0.1) is 0 Å². The molecule has 0 atom stereocenters. The summed E-state index contributed by atoms with van der Waals surface area (Å²) in [5.74, 6) is 6.55. The molecule has 2 heteroatoms. The van der Waals surface area contributed by atoms with Gasteiger partial charge in [-0.3, -0.25) is 0 Å². The Morgan fingerprint density at radius 1 is 0.778 bits per heavy atom. The fraction of sp³-hybridized carbons (Fsp3) is 0.120. The quantitative estimate of drug-likeness (QED) is 0.180. The molecule has 0 saturated heterocycles. The van der Waals surface area contributed by atoms with Crippen molar-refractivity contribution in [2.24, 2.45) is 0 Å². The summed E-state index contributed by atoms with van der Waals surface area (Å²) in [7, 11) is 0. The number of aryl methyl sites for hydroxylation is 1. The Hall–Kier alpha value is -2.51. The molecule has 0 bridgehead atoms. The molecule has 0 unspecified atom stereocenters. The average molecular weight is 461 g/mol. The minimum absolute atomic E-state index is 0.902. The van der Waals surface area contributed by atoms with Crippen molar-refractivity contribution in [3.8, 4) is 23.0 Å². The first-order valence-electron chi connectivity index (χ1n) is 9.19. The average Bonchev–Trinajstić information content (AvgIpc) is 3.08. The molecule has 1 aromatic heterocycles. The number of hydrogen-bond donors (Lipinski definition) is 0. The largest absolute Gasteiger partial charge is 0.347 e. The number of benzene rings is 3. The molecule has 0 fully saturated rings. The molecule has 0 aliphatic carbocycles. The lowest BCUT2D eigenvalue weighted by Crippen LogP contribution is -1.95. The highest BCUT2D eigenvalue weighted by atomic mass is 127. The van der Waals surface area contributed by atoms with Crippen LogP contribution in [0.2, 0.25) is 0 Å². The highest BCUT2D eigenvalue weighted by Gasteiger charge is 2.11. The van der Waals surface area contributed by atoms with E-state index in [-0.39, 0.29) is 0 Å². The van der Waals surface area contributed by atoms with E-state index < -0.39 is 0 Å². The van der Waals surface area contributed by atoms with E-state index in [0.717, 1.165) is 24.9 Å². The topological polar surface area (TPSA) is 4.93 Å². The van der Waals surface area contributed by atoms with Gasteiger partial charge in [0.2, 0.25) is 0 Å². The van der Waals surface area contributed by atoms with Crippen molar-refractivity contribution in [3.63, 3.8) is 0 Å². The molecule has 0 saturated carbocycles. The molecule has 4 aromatic rings. The minimum atomic E-state index is 0.902. The van der Waals surface area contributed by atoms with Crippen LogP contribution in [0.25, 0.3) is 22.0 Å². The summed E-state index contributed by atoms with van der Waals surface area (Å²) in [6, 6.07) is 27.5. The van der Waals surface area contributed by atoms with Crippen molar-refractivity contribution in [2.75, 3.05) is 0 Å². The first-order chi connectivity index (χ1) is 13.3. The number of hydrogen-bond acceptors (Lipinski definition) is 0. The summed E-state index contributed by atoms with van der Waals surface area (Å²) in [5.41, 5.74) is 5.00. The summed E-state index contributed by atoms with van der Waals surface area (Å²) in [6.45, 7) is 0.980. The van der Waals surface area contributed by atoms with Gasteiger partial charge >= 0.3 is 0 Å². The Labute approximate surface area is 174 Å². The van der Waals surface area contributed by atoms with Gasteiger partial charge in [-0.05, 0) is 58.8 Å². The zero-order chi connectivity index (χ0) is 18.5. The second kappa shape index (κ2) is 8.45. The third-order valence-electron chi connectivity index (χ3n) is 4.66.